The van der Waals surface area contributed by atoms with E-state index in [-0.39, 0.29) is 6.04 Å². The van der Waals surface area contributed by atoms with Crippen molar-refractivity contribution < 1.29 is 9.90 Å². The number of hydrogen-bond acceptors (Lipinski definition) is 3. The van der Waals surface area contributed by atoms with E-state index in [1.165, 1.54) is 0 Å². The maximum Gasteiger partial charge on any atom is 0.320 e. The topological polar surface area (TPSA) is 43.8 Å². The Kier molecular flexibility index (Phi) is 2.27. The van der Waals surface area contributed by atoms with Crippen molar-refractivity contribution in [2.45, 2.75) is 19.4 Å². The lowest BCUT2D eigenvalue weighted by molar-refractivity contribution is -0.142. The van der Waals surface area contributed by atoms with Crippen LogP contribution in [0.3, 0.4) is 0 Å². The minimum absolute atomic E-state index is 0.319. The van der Waals surface area contributed by atoms with Gasteiger partial charge in [-0.15, -0.1) is 0 Å². The minimum atomic E-state index is -0.699. The van der Waals surface area contributed by atoms with Crippen LogP contribution in [-0.2, 0) is 4.79 Å². The quantitative estimate of drug-likeness (QED) is 0.683. The van der Waals surface area contributed by atoms with E-state index in [0.717, 1.165) is 32.6 Å². The highest BCUT2D eigenvalue weighted by atomic mass is 16.4. The van der Waals surface area contributed by atoms with Crippen LogP contribution in [0.5, 0.6) is 0 Å². The Morgan fingerprint density at radius 2 is 2.07 bits per heavy atom. The Hall–Kier alpha value is -0.610. The van der Waals surface area contributed by atoms with Gasteiger partial charge in [0.05, 0.1) is 0 Å². The van der Waals surface area contributed by atoms with Crippen LogP contribution in [0, 0.1) is 5.41 Å². The molecule has 2 heterocycles. The highest BCUT2D eigenvalue weighted by Gasteiger charge is 2.47. The van der Waals surface area contributed by atoms with Gasteiger partial charge in [0.2, 0.25) is 0 Å². The number of carbonyl (C=O) groups is 1. The van der Waals surface area contributed by atoms with Gasteiger partial charge < -0.3 is 10.0 Å². The molecule has 4 nitrogen and oxygen atoms in total. The molecule has 14 heavy (non-hydrogen) atoms. The van der Waals surface area contributed by atoms with Crippen LogP contribution in [-0.4, -0.2) is 60.1 Å². The van der Waals surface area contributed by atoms with Crippen molar-refractivity contribution in [3.63, 3.8) is 0 Å². The first-order valence-electron chi connectivity index (χ1n) is 5.18. The summed E-state index contributed by atoms with van der Waals surface area (Å²) in [5.74, 6) is -0.699. The fourth-order valence-electron chi connectivity index (χ4n) is 2.81. The van der Waals surface area contributed by atoms with Gasteiger partial charge in [-0.3, -0.25) is 9.69 Å². The third-order valence-corrected chi connectivity index (χ3v) is 3.58. The molecule has 1 unspecified atom stereocenters. The van der Waals surface area contributed by atoms with Crippen LogP contribution >= 0.6 is 0 Å². The second kappa shape index (κ2) is 3.21. The maximum absolute atomic E-state index is 10.8. The average Bonchev–Trinajstić information content (AvgIpc) is 2.47. The number of nitrogens with zero attached hydrogens (tertiary/aromatic N) is 2. The van der Waals surface area contributed by atoms with Crippen LogP contribution < -0.4 is 0 Å². The van der Waals surface area contributed by atoms with Crippen molar-refractivity contribution >= 4 is 5.97 Å². The summed E-state index contributed by atoms with van der Waals surface area (Å²) in [5.41, 5.74) is 0.415. The molecule has 0 radical (unpaired) electrons. The van der Waals surface area contributed by atoms with Crippen molar-refractivity contribution in [3.8, 4) is 0 Å². The van der Waals surface area contributed by atoms with Gasteiger partial charge in [-0.25, -0.2) is 0 Å². The van der Waals surface area contributed by atoms with Gasteiger partial charge >= 0.3 is 5.97 Å². The molecule has 0 aromatic carbocycles. The molecule has 0 aliphatic carbocycles. The van der Waals surface area contributed by atoms with Crippen molar-refractivity contribution in [1.82, 2.24) is 9.80 Å². The Bertz CT molecular complexity index is 249. The van der Waals surface area contributed by atoms with Gasteiger partial charge in [0.25, 0.3) is 0 Å². The van der Waals surface area contributed by atoms with Gasteiger partial charge in [-0.1, -0.05) is 0 Å². The smallest absolute Gasteiger partial charge is 0.320 e. The molecule has 4 heteroatoms. The molecule has 1 atom stereocenters. The van der Waals surface area contributed by atoms with Crippen molar-refractivity contribution in [3.05, 3.63) is 0 Å². The lowest BCUT2D eigenvalue weighted by Crippen LogP contribution is -2.56. The number of carboxylic acid groups (broad SMARTS) is 1. The zero-order valence-corrected chi connectivity index (χ0v) is 8.86. The molecule has 2 aliphatic heterocycles. The third kappa shape index (κ3) is 1.53. The van der Waals surface area contributed by atoms with E-state index in [4.69, 9.17) is 5.11 Å². The van der Waals surface area contributed by atoms with Crippen LogP contribution in [0.1, 0.15) is 13.3 Å². The summed E-state index contributed by atoms with van der Waals surface area (Å²) in [6, 6.07) is -0.319. The summed E-state index contributed by atoms with van der Waals surface area (Å²) >= 11 is 0. The average molecular weight is 198 g/mol. The number of rotatable bonds is 2. The molecule has 0 saturated carbocycles. The predicted octanol–water partition coefficient (Wildman–Crippen LogP) is 0.0970. The monoisotopic (exact) mass is 198 g/mol. The molecule has 1 spiro atoms. The lowest BCUT2D eigenvalue weighted by Gasteiger charge is -2.46. The Labute approximate surface area is 84.5 Å². The molecule has 0 amide bonds. The van der Waals surface area contributed by atoms with E-state index in [9.17, 15) is 4.79 Å². The molecule has 0 aromatic heterocycles. The molecule has 80 valence electrons. The highest BCUT2D eigenvalue weighted by molar-refractivity contribution is 5.72. The van der Waals surface area contributed by atoms with Crippen LogP contribution in [0.15, 0.2) is 0 Å². The van der Waals surface area contributed by atoms with E-state index in [1.807, 2.05) is 0 Å². The van der Waals surface area contributed by atoms with Gasteiger partial charge in [-0.05, 0) is 26.9 Å². The minimum Gasteiger partial charge on any atom is -0.480 e. The second-order valence-electron chi connectivity index (χ2n) is 4.91. The maximum atomic E-state index is 10.8. The highest BCUT2D eigenvalue weighted by Crippen LogP contribution is 2.39. The van der Waals surface area contributed by atoms with E-state index >= 15 is 0 Å². The summed E-state index contributed by atoms with van der Waals surface area (Å²) < 4.78 is 0. The summed E-state index contributed by atoms with van der Waals surface area (Å²) in [7, 11) is 2.12. The summed E-state index contributed by atoms with van der Waals surface area (Å²) in [6.45, 7) is 5.96. The number of aliphatic carboxylic acids is 1. The van der Waals surface area contributed by atoms with Gasteiger partial charge in [0, 0.05) is 25.0 Å². The van der Waals surface area contributed by atoms with Gasteiger partial charge in [-0.2, -0.15) is 0 Å². The molecular weight excluding hydrogens is 180 g/mol. The van der Waals surface area contributed by atoms with Crippen LogP contribution in [0.2, 0.25) is 0 Å². The number of carboxylic acids is 1. The molecule has 2 rings (SSSR count). The fraction of sp³-hybridized carbons (Fsp3) is 0.900. The van der Waals surface area contributed by atoms with E-state index in [1.54, 1.807) is 6.92 Å². The molecule has 0 bridgehead atoms. The number of likely N-dealkylation sites (tertiary alicyclic amines) is 2. The molecule has 2 aliphatic rings. The van der Waals surface area contributed by atoms with E-state index in [0.29, 0.717) is 5.41 Å². The Morgan fingerprint density at radius 1 is 1.43 bits per heavy atom. The lowest BCUT2D eigenvalue weighted by atomic mass is 9.79. The third-order valence-electron chi connectivity index (χ3n) is 3.58. The zero-order valence-electron chi connectivity index (χ0n) is 8.86. The second-order valence-corrected chi connectivity index (χ2v) is 4.91. The standard InChI is InChI=1S/C10H18N2O2/c1-8(9(13)14)12-4-3-10(7-12)5-11(2)6-10/h8H,3-7H2,1-2H3,(H,13,14). The fourth-order valence-corrected chi connectivity index (χ4v) is 2.81. The summed E-state index contributed by atoms with van der Waals surface area (Å²) in [5, 5.41) is 8.90. The normalized spacial score (nSPS) is 29.0. The molecule has 0 aromatic rings. The van der Waals surface area contributed by atoms with E-state index in [2.05, 4.69) is 16.8 Å². The predicted molar refractivity (Wildman–Crippen MR) is 53.2 cm³/mol. The SMILES string of the molecule is CC(C(=O)O)N1CCC2(CN(C)C2)C1. The van der Waals surface area contributed by atoms with Crippen LogP contribution in [0.4, 0.5) is 0 Å². The van der Waals surface area contributed by atoms with Crippen molar-refractivity contribution in [2.24, 2.45) is 5.41 Å². The first-order valence-corrected chi connectivity index (χ1v) is 5.18. The van der Waals surface area contributed by atoms with Gasteiger partial charge in [0.1, 0.15) is 6.04 Å². The molecule has 1 N–H and O–H groups in total. The zero-order chi connectivity index (χ0) is 10.3. The van der Waals surface area contributed by atoms with Crippen molar-refractivity contribution in [1.29, 1.82) is 0 Å². The first-order chi connectivity index (χ1) is 6.52. The Balaban J connectivity index is 1.92. The summed E-state index contributed by atoms with van der Waals surface area (Å²) in [4.78, 5) is 15.2. The van der Waals surface area contributed by atoms with E-state index < -0.39 is 5.97 Å². The van der Waals surface area contributed by atoms with Gasteiger partial charge in [0.15, 0.2) is 0 Å². The Morgan fingerprint density at radius 3 is 2.57 bits per heavy atom. The first kappa shape index (κ1) is 9.93. The largest absolute Gasteiger partial charge is 0.480 e. The molecular formula is C10H18N2O2. The summed E-state index contributed by atoms with van der Waals surface area (Å²) in [6.07, 6.45) is 1.16. The van der Waals surface area contributed by atoms with Crippen molar-refractivity contribution in [2.75, 3.05) is 33.2 Å². The molecule has 2 fully saturated rings. The van der Waals surface area contributed by atoms with Crippen LogP contribution in [0.25, 0.3) is 0 Å². The number of hydrogen-bond donors (Lipinski definition) is 1. The molecule has 2 saturated heterocycles.